The van der Waals surface area contributed by atoms with E-state index in [1.165, 1.54) is 23.8 Å². The van der Waals surface area contributed by atoms with Gasteiger partial charge in [-0.05, 0) is 56.4 Å². The van der Waals surface area contributed by atoms with Gasteiger partial charge in [0.25, 0.3) is 0 Å². The summed E-state index contributed by atoms with van der Waals surface area (Å²) >= 11 is 0. The van der Waals surface area contributed by atoms with Crippen LogP contribution in [0, 0.1) is 5.92 Å². The van der Waals surface area contributed by atoms with Crippen molar-refractivity contribution in [1.29, 1.82) is 0 Å². The summed E-state index contributed by atoms with van der Waals surface area (Å²) in [7, 11) is 0. The molecule has 0 bridgehead atoms. The van der Waals surface area contributed by atoms with E-state index < -0.39 is 6.10 Å². The van der Waals surface area contributed by atoms with Crippen molar-refractivity contribution >= 4 is 5.97 Å². The van der Waals surface area contributed by atoms with Crippen molar-refractivity contribution in [1.82, 2.24) is 0 Å². The molecular formula is C21H28O6. The van der Waals surface area contributed by atoms with Crippen molar-refractivity contribution in [3.05, 3.63) is 47.1 Å². The van der Waals surface area contributed by atoms with Crippen molar-refractivity contribution in [2.24, 2.45) is 5.92 Å². The van der Waals surface area contributed by atoms with Crippen LogP contribution in [0.2, 0.25) is 0 Å². The topological polar surface area (TPSA) is 107 Å². The van der Waals surface area contributed by atoms with Crippen LogP contribution >= 0.6 is 0 Å². The number of benzene rings is 1. The molecule has 1 aromatic rings. The number of carbonyl (C=O) groups is 1. The minimum Gasteiger partial charge on any atom is -0.508 e. The van der Waals surface area contributed by atoms with Gasteiger partial charge in [0.05, 0.1) is 19.1 Å². The number of hydrogen-bond donors (Lipinski definition) is 4. The number of allylic oxidation sites excluding steroid dienone is 3. The Morgan fingerprint density at radius 2 is 1.93 bits per heavy atom. The molecule has 1 aromatic carbocycles. The van der Waals surface area contributed by atoms with E-state index in [1.807, 2.05) is 13.0 Å². The number of rotatable bonds is 9. The zero-order valence-corrected chi connectivity index (χ0v) is 15.6. The third-order valence-electron chi connectivity index (χ3n) is 4.83. The Morgan fingerprint density at radius 1 is 1.19 bits per heavy atom. The Hall–Kier alpha value is -2.31. The van der Waals surface area contributed by atoms with Gasteiger partial charge in [0.1, 0.15) is 17.6 Å². The molecule has 1 heterocycles. The highest BCUT2D eigenvalue weighted by molar-refractivity contribution is 5.75. The molecule has 4 N–H and O–H groups in total. The maximum atomic E-state index is 12.1. The molecule has 2 atom stereocenters. The predicted octanol–water partition coefficient (Wildman–Crippen LogP) is 3.12. The van der Waals surface area contributed by atoms with Gasteiger partial charge in [-0.2, -0.15) is 0 Å². The van der Waals surface area contributed by atoms with Gasteiger partial charge in [-0.1, -0.05) is 17.7 Å². The third-order valence-corrected chi connectivity index (χ3v) is 4.83. The van der Waals surface area contributed by atoms with Gasteiger partial charge in [0, 0.05) is 12.0 Å². The van der Waals surface area contributed by atoms with Crippen LogP contribution in [0.4, 0.5) is 0 Å². The van der Waals surface area contributed by atoms with Crippen molar-refractivity contribution in [2.75, 3.05) is 13.2 Å². The van der Waals surface area contributed by atoms with Crippen molar-refractivity contribution in [3.63, 3.8) is 0 Å². The quantitative estimate of drug-likeness (QED) is 0.300. The number of ether oxygens (including phenoxy) is 1. The van der Waals surface area contributed by atoms with Crippen LogP contribution in [0.25, 0.3) is 0 Å². The molecule has 0 saturated carbocycles. The molecular weight excluding hydrogens is 348 g/mol. The van der Waals surface area contributed by atoms with Crippen LogP contribution in [0.15, 0.2) is 41.5 Å². The maximum Gasteiger partial charge on any atom is 0.309 e. The smallest absolute Gasteiger partial charge is 0.309 e. The van der Waals surface area contributed by atoms with Gasteiger partial charge in [0.15, 0.2) is 0 Å². The molecule has 2 unspecified atom stereocenters. The number of phenols is 2. The standard InChI is InChI=1S/C21H28O6/c1-14(4-2-6-15(12-22)13-23)5-3-7-16-10-20(27-21(16)26)18-11-17(24)8-9-19(18)25/h5-6,8-9,11,16,20,22-25H,2-4,7,10,12-13H2,1H3. The fraction of sp³-hybridized carbons (Fsp3) is 0.476. The molecule has 1 aliphatic rings. The third kappa shape index (κ3) is 6.12. The average molecular weight is 376 g/mol. The van der Waals surface area contributed by atoms with Crippen LogP contribution in [0.1, 0.15) is 50.7 Å². The zero-order chi connectivity index (χ0) is 19.8. The predicted molar refractivity (Wildman–Crippen MR) is 101 cm³/mol. The Balaban J connectivity index is 1.83. The van der Waals surface area contributed by atoms with E-state index >= 15 is 0 Å². The molecule has 6 heteroatoms. The SMILES string of the molecule is CC(=CCCC1CC(c2cc(O)ccc2O)OC1=O)CCC=C(CO)CO. The van der Waals surface area contributed by atoms with Gasteiger partial charge in [-0.25, -0.2) is 0 Å². The molecule has 0 spiro atoms. The molecule has 148 valence electrons. The zero-order valence-electron chi connectivity index (χ0n) is 15.6. The first kappa shape index (κ1) is 21.0. The van der Waals surface area contributed by atoms with Gasteiger partial charge >= 0.3 is 5.97 Å². The molecule has 6 nitrogen and oxygen atoms in total. The van der Waals surface area contributed by atoms with Crippen LogP contribution in [0.3, 0.4) is 0 Å². The molecule has 2 rings (SSSR count). The number of hydrogen-bond acceptors (Lipinski definition) is 6. The number of carbonyl (C=O) groups excluding carboxylic acids is 1. The number of phenolic OH excluding ortho intramolecular Hbond substituents is 2. The summed E-state index contributed by atoms with van der Waals surface area (Å²) in [6, 6.07) is 4.21. The minimum atomic E-state index is -0.528. The van der Waals surface area contributed by atoms with E-state index in [0.717, 1.165) is 19.3 Å². The summed E-state index contributed by atoms with van der Waals surface area (Å²) in [6.45, 7) is 1.77. The molecule has 27 heavy (non-hydrogen) atoms. The van der Waals surface area contributed by atoms with E-state index in [4.69, 9.17) is 14.9 Å². The van der Waals surface area contributed by atoms with E-state index in [-0.39, 0.29) is 36.6 Å². The lowest BCUT2D eigenvalue weighted by Gasteiger charge is -2.11. The number of aliphatic hydroxyl groups is 2. The van der Waals surface area contributed by atoms with E-state index in [1.54, 1.807) is 0 Å². The Kier molecular flexibility index (Phi) is 7.88. The van der Waals surface area contributed by atoms with Crippen LogP contribution < -0.4 is 0 Å². The maximum absolute atomic E-state index is 12.1. The van der Waals surface area contributed by atoms with Crippen molar-refractivity contribution < 1.29 is 30.0 Å². The first-order chi connectivity index (χ1) is 12.9. The molecule has 1 aliphatic heterocycles. The van der Waals surface area contributed by atoms with Gasteiger partial charge < -0.3 is 25.2 Å². The molecule has 1 fully saturated rings. The Labute approximate surface area is 159 Å². The summed E-state index contributed by atoms with van der Waals surface area (Å²) in [4.78, 5) is 12.1. The summed E-state index contributed by atoms with van der Waals surface area (Å²) in [5.74, 6) is -0.455. The molecule has 0 amide bonds. The summed E-state index contributed by atoms with van der Waals surface area (Å²) < 4.78 is 5.38. The highest BCUT2D eigenvalue weighted by Gasteiger charge is 2.36. The van der Waals surface area contributed by atoms with Crippen LogP contribution in [-0.4, -0.2) is 39.6 Å². The number of aliphatic hydroxyl groups excluding tert-OH is 2. The first-order valence-corrected chi connectivity index (χ1v) is 9.22. The summed E-state index contributed by atoms with van der Waals surface area (Å²) in [6.07, 6.45) is 6.90. The Morgan fingerprint density at radius 3 is 2.63 bits per heavy atom. The lowest BCUT2D eigenvalue weighted by Crippen LogP contribution is -2.06. The molecule has 0 aromatic heterocycles. The first-order valence-electron chi connectivity index (χ1n) is 9.22. The minimum absolute atomic E-state index is 0.0140. The van der Waals surface area contributed by atoms with Crippen LogP contribution in [-0.2, 0) is 9.53 Å². The van der Waals surface area contributed by atoms with E-state index in [2.05, 4.69) is 6.08 Å². The average Bonchev–Trinajstić information content (AvgIpc) is 3.01. The second-order valence-corrected chi connectivity index (χ2v) is 6.95. The normalized spacial score (nSPS) is 19.8. The number of esters is 1. The largest absolute Gasteiger partial charge is 0.508 e. The fourth-order valence-electron chi connectivity index (χ4n) is 3.18. The highest BCUT2D eigenvalue weighted by Crippen LogP contribution is 2.40. The van der Waals surface area contributed by atoms with E-state index in [0.29, 0.717) is 24.0 Å². The second kappa shape index (κ2) is 10.1. The van der Waals surface area contributed by atoms with Gasteiger partial charge in [-0.15, -0.1) is 0 Å². The van der Waals surface area contributed by atoms with Crippen molar-refractivity contribution in [2.45, 2.75) is 45.1 Å². The van der Waals surface area contributed by atoms with Crippen molar-refractivity contribution in [3.8, 4) is 11.5 Å². The number of cyclic esters (lactones) is 1. The number of aromatic hydroxyl groups is 2. The Bertz CT molecular complexity index is 701. The van der Waals surface area contributed by atoms with Gasteiger partial charge in [-0.3, -0.25) is 4.79 Å². The second-order valence-electron chi connectivity index (χ2n) is 6.95. The van der Waals surface area contributed by atoms with E-state index in [9.17, 15) is 15.0 Å². The highest BCUT2D eigenvalue weighted by atomic mass is 16.6. The lowest BCUT2D eigenvalue weighted by molar-refractivity contribution is -0.144. The monoisotopic (exact) mass is 376 g/mol. The molecule has 0 aliphatic carbocycles. The van der Waals surface area contributed by atoms with Crippen LogP contribution in [0.5, 0.6) is 11.5 Å². The summed E-state index contributed by atoms with van der Waals surface area (Å²) in [5, 5.41) is 37.5. The molecule has 0 radical (unpaired) electrons. The van der Waals surface area contributed by atoms with Gasteiger partial charge in [0.2, 0.25) is 0 Å². The lowest BCUT2D eigenvalue weighted by atomic mass is 9.95. The summed E-state index contributed by atoms with van der Waals surface area (Å²) in [5.41, 5.74) is 2.25. The fourth-order valence-corrected chi connectivity index (χ4v) is 3.18. The molecule has 1 saturated heterocycles.